The van der Waals surface area contributed by atoms with Crippen molar-refractivity contribution in [3.05, 3.63) is 12.2 Å². The molecule has 0 atom stereocenters. The summed E-state index contributed by atoms with van der Waals surface area (Å²) in [5.74, 6) is 0.0727. The van der Waals surface area contributed by atoms with E-state index in [2.05, 4.69) is 6.58 Å². The Labute approximate surface area is 78.0 Å². The average Bonchev–Trinajstić information content (AvgIpc) is 1.85. The predicted octanol–water partition coefficient (Wildman–Crippen LogP) is 2.55. The van der Waals surface area contributed by atoms with Crippen molar-refractivity contribution in [2.75, 3.05) is 5.75 Å². The fourth-order valence-electron chi connectivity index (χ4n) is 0.542. The van der Waals surface area contributed by atoms with Gasteiger partial charge in [-0.15, -0.1) is 18.3 Å². The van der Waals surface area contributed by atoms with E-state index in [9.17, 15) is 4.79 Å². The molecular formula is C9H16O2S. The van der Waals surface area contributed by atoms with Gasteiger partial charge in [-0.1, -0.05) is 5.57 Å². The Morgan fingerprint density at radius 3 is 2.42 bits per heavy atom. The van der Waals surface area contributed by atoms with Crippen LogP contribution in [0.15, 0.2) is 12.2 Å². The molecule has 12 heavy (non-hydrogen) atoms. The van der Waals surface area contributed by atoms with Gasteiger partial charge in [0.05, 0.1) is 0 Å². The average molecular weight is 188 g/mol. The molecule has 1 N–H and O–H groups in total. The predicted molar refractivity (Wildman–Crippen MR) is 53.6 cm³/mol. The smallest absolute Gasteiger partial charge is 0.319 e. The maximum atomic E-state index is 10.7. The second-order valence-electron chi connectivity index (χ2n) is 3.37. The molecule has 0 saturated carbocycles. The number of hydrogen-bond donors (Lipinski definition) is 1. The summed E-state index contributed by atoms with van der Waals surface area (Å²) in [4.78, 5) is 10.7. The van der Waals surface area contributed by atoms with Crippen LogP contribution < -0.4 is 0 Å². The summed E-state index contributed by atoms with van der Waals surface area (Å²) in [5, 5.41) is 8.76. The van der Waals surface area contributed by atoms with Crippen LogP contribution in [-0.2, 0) is 4.79 Å². The molecule has 0 aliphatic heterocycles. The lowest BCUT2D eigenvalue weighted by molar-refractivity contribution is -0.138. The first-order valence-electron chi connectivity index (χ1n) is 3.88. The number of hydrogen-bond acceptors (Lipinski definition) is 2. The van der Waals surface area contributed by atoms with Crippen molar-refractivity contribution in [3.8, 4) is 0 Å². The van der Waals surface area contributed by atoms with Gasteiger partial charge in [0.2, 0.25) is 0 Å². The second-order valence-corrected chi connectivity index (χ2v) is 5.09. The largest absolute Gasteiger partial charge is 0.480 e. The molecule has 0 fully saturated rings. The fraction of sp³-hybridized carbons (Fsp3) is 0.667. The van der Waals surface area contributed by atoms with Crippen molar-refractivity contribution in [1.29, 1.82) is 0 Å². The quantitative estimate of drug-likeness (QED) is 0.674. The van der Waals surface area contributed by atoms with E-state index in [0.717, 1.165) is 17.7 Å². The van der Waals surface area contributed by atoms with Crippen molar-refractivity contribution >= 4 is 17.7 Å². The van der Waals surface area contributed by atoms with Gasteiger partial charge < -0.3 is 5.11 Å². The third kappa shape index (κ3) is 4.44. The Hall–Kier alpha value is -0.440. The minimum absolute atomic E-state index is 0.671. The van der Waals surface area contributed by atoms with E-state index in [1.165, 1.54) is 11.8 Å². The Morgan fingerprint density at radius 2 is 2.08 bits per heavy atom. The first kappa shape index (κ1) is 11.6. The zero-order valence-corrected chi connectivity index (χ0v) is 8.70. The van der Waals surface area contributed by atoms with Gasteiger partial charge in [0.1, 0.15) is 4.75 Å². The summed E-state index contributed by atoms with van der Waals surface area (Å²) in [7, 11) is 0. The van der Waals surface area contributed by atoms with Crippen LogP contribution in [0.1, 0.15) is 27.2 Å². The summed E-state index contributed by atoms with van der Waals surface area (Å²) >= 11 is 1.45. The maximum absolute atomic E-state index is 10.7. The normalized spacial score (nSPS) is 11.2. The highest BCUT2D eigenvalue weighted by atomic mass is 32.2. The molecule has 0 aliphatic carbocycles. The number of thioether (sulfide) groups is 1. The zero-order valence-electron chi connectivity index (χ0n) is 7.89. The summed E-state index contributed by atoms with van der Waals surface area (Å²) in [5.41, 5.74) is 1.10. The molecule has 0 unspecified atom stereocenters. The molecule has 0 aromatic carbocycles. The number of rotatable bonds is 5. The minimum Gasteiger partial charge on any atom is -0.480 e. The zero-order chi connectivity index (χ0) is 9.78. The molecule has 0 aliphatic rings. The summed E-state index contributed by atoms with van der Waals surface area (Å²) < 4.78 is -0.671. The molecule has 0 spiro atoms. The highest BCUT2D eigenvalue weighted by Crippen LogP contribution is 2.25. The van der Waals surface area contributed by atoms with Crippen molar-refractivity contribution in [2.45, 2.75) is 31.9 Å². The molecule has 0 saturated heterocycles. The van der Waals surface area contributed by atoms with Gasteiger partial charge in [-0.3, -0.25) is 4.79 Å². The third-order valence-corrected chi connectivity index (χ3v) is 2.81. The molecule has 0 rings (SSSR count). The van der Waals surface area contributed by atoms with Crippen molar-refractivity contribution < 1.29 is 9.90 Å². The number of aliphatic carboxylic acids is 1. The van der Waals surface area contributed by atoms with Crippen LogP contribution >= 0.6 is 11.8 Å². The fourth-order valence-corrected chi connectivity index (χ4v) is 1.63. The Kier molecular flexibility index (Phi) is 4.39. The molecule has 0 bridgehead atoms. The van der Waals surface area contributed by atoms with E-state index in [0.29, 0.717) is 0 Å². The van der Waals surface area contributed by atoms with Crippen LogP contribution in [0.25, 0.3) is 0 Å². The van der Waals surface area contributed by atoms with E-state index in [1.54, 1.807) is 13.8 Å². The van der Waals surface area contributed by atoms with Gasteiger partial charge in [-0.25, -0.2) is 0 Å². The monoisotopic (exact) mass is 188 g/mol. The molecule has 3 heteroatoms. The maximum Gasteiger partial charge on any atom is 0.319 e. The lowest BCUT2D eigenvalue weighted by Crippen LogP contribution is -2.27. The third-order valence-electron chi connectivity index (χ3n) is 1.51. The lowest BCUT2D eigenvalue weighted by Gasteiger charge is -2.17. The van der Waals surface area contributed by atoms with Crippen LogP contribution in [0, 0.1) is 0 Å². The van der Waals surface area contributed by atoms with E-state index in [-0.39, 0.29) is 0 Å². The van der Waals surface area contributed by atoms with Gasteiger partial charge in [-0.2, -0.15) is 0 Å². The van der Waals surface area contributed by atoms with Crippen LogP contribution in [-0.4, -0.2) is 21.6 Å². The SMILES string of the molecule is C=C(C)CCSC(C)(C)C(=O)O. The number of carboxylic acids is 1. The second kappa shape index (κ2) is 4.55. The molecule has 0 aromatic rings. The molecule has 70 valence electrons. The van der Waals surface area contributed by atoms with Crippen LogP contribution in [0.5, 0.6) is 0 Å². The van der Waals surface area contributed by atoms with Gasteiger partial charge in [-0.05, 0) is 32.9 Å². The topological polar surface area (TPSA) is 37.3 Å². The van der Waals surface area contributed by atoms with Gasteiger partial charge in [0, 0.05) is 0 Å². The lowest BCUT2D eigenvalue weighted by atomic mass is 10.2. The molecule has 2 nitrogen and oxygen atoms in total. The number of allylic oxidation sites excluding steroid dienone is 1. The van der Waals surface area contributed by atoms with Crippen LogP contribution in [0.2, 0.25) is 0 Å². The van der Waals surface area contributed by atoms with E-state index >= 15 is 0 Å². The van der Waals surface area contributed by atoms with Gasteiger partial charge in [0.15, 0.2) is 0 Å². The highest BCUT2D eigenvalue weighted by Gasteiger charge is 2.26. The van der Waals surface area contributed by atoms with E-state index < -0.39 is 10.7 Å². The molecular weight excluding hydrogens is 172 g/mol. The Morgan fingerprint density at radius 1 is 1.58 bits per heavy atom. The number of carboxylic acid groups (broad SMARTS) is 1. The van der Waals surface area contributed by atoms with Gasteiger partial charge in [0.25, 0.3) is 0 Å². The van der Waals surface area contributed by atoms with E-state index in [4.69, 9.17) is 5.11 Å². The molecule has 0 radical (unpaired) electrons. The summed E-state index contributed by atoms with van der Waals surface area (Å²) in [6.07, 6.45) is 0.890. The molecule has 0 aromatic heterocycles. The summed E-state index contributed by atoms with van der Waals surface area (Å²) in [6.45, 7) is 9.15. The summed E-state index contributed by atoms with van der Waals surface area (Å²) in [6, 6.07) is 0. The first-order chi connectivity index (χ1) is 5.36. The minimum atomic E-state index is -0.755. The van der Waals surface area contributed by atoms with Crippen LogP contribution in [0.4, 0.5) is 0 Å². The standard InChI is InChI=1S/C9H16O2S/c1-7(2)5-6-12-9(3,4)8(10)11/h1,5-6H2,2-4H3,(H,10,11). The van der Waals surface area contributed by atoms with Crippen LogP contribution in [0.3, 0.4) is 0 Å². The number of carbonyl (C=O) groups is 1. The first-order valence-corrected chi connectivity index (χ1v) is 4.86. The van der Waals surface area contributed by atoms with Gasteiger partial charge >= 0.3 is 5.97 Å². The Bertz CT molecular complexity index is 185. The van der Waals surface area contributed by atoms with Crippen molar-refractivity contribution in [1.82, 2.24) is 0 Å². The Balaban J connectivity index is 3.76. The van der Waals surface area contributed by atoms with E-state index in [1.807, 2.05) is 6.92 Å². The van der Waals surface area contributed by atoms with Crippen molar-refractivity contribution in [2.24, 2.45) is 0 Å². The highest BCUT2D eigenvalue weighted by molar-refractivity contribution is 8.01. The molecule has 0 heterocycles. The molecule has 0 amide bonds. The van der Waals surface area contributed by atoms with Crippen molar-refractivity contribution in [3.63, 3.8) is 0 Å².